The Labute approximate surface area is 165 Å². The minimum atomic E-state index is -1.09. The summed E-state index contributed by atoms with van der Waals surface area (Å²) in [5.41, 5.74) is 0.991. The lowest BCUT2D eigenvalue weighted by atomic mass is 10.2. The van der Waals surface area contributed by atoms with Crippen LogP contribution in [0.15, 0.2) is 53.7 Å². The molecule has 3 aromatic rings. The normalized spacial score (nSPS) is 16.3. The highest BCUT2D eigenvalue weighted by molar-refractivity contribution is 7.89. The second-order valence-electron chi connectivity index (χ2n) is 6.59. The lowest BCUT2D eigenvalue weighted by Gasteiger charge is -2.27. The topological polar surface area (TPSA) is 68.3 Å². The second kappa shape index (κ2) is 8.39. The fourth-order valence-corrected chi connectivity index (χ4v) is 5.37. The van der Waals surface area contributed by atoms with Crippen molar-refractivity contribution in [2.24, 2.45) is 0 Å². The van der Waals surface area contributed by atoms with Gasteiger partial charge in [-0.3, -0.25) is 9.78 Å². The van der Waals surface area contributed by atoms with Crippen molar-refractivity contribution < 1.29 is 9.35 Å². The Morgan fingerprint density at radius 3 is 2.70 bits per heavy atom. The van der Waals surface area contributed by atoms with Gasteiger partial charge in [-0.1, -0.05) is 18.6 Å². The van der Waals surface area contributed by atoms with Crippen molar-refractivity contribution in [2.45, 2.75) is 30.7 Å². The van der Waals surface area contributed by atoms with Gasteiger partial charge >= 0.3 is 0 Å². The van der Waals surface area contributed by atoms with Crippen LogP contribution >= 0.6 is 11.3 Å². The maximum absolute atomic E-state index is 12.6. The zero-order chi connectivity index (χ0) is 18.6. The van der Waals surface area contributed by atoms with E-state index in [1.807, 2.05) is 40.7 Å². The zero-order valence-corrected chi connectivity index (χ0v) is 16.5. The number of amides is 1. The number of carbonyl (C=O) groups is 1. The maximum atomic E-state index is 12.6. The predicted octanol–water partition coefficient (Wildman–Crippen LogP) is 3.73. The van der Waals surface area contributed by atoms with Gasteiger partial charge in [0.15, 0.2) is 4.90 Å². The van der Waals surface area contributed by atoms with Gasteiger partial charge in [0, 0.05) is 42.1 Å². The molecule has 140 valence electrons. The summed E-state index contributed by atoms with van der Waals surface area (Å²) in [6.07, 6.45) is 6.95. The number of nitrogens with one attached hydrogen (secondary N) is 1. The van der Waals surface area contributed by atoms with Gasteiger partial charge in [0.2, 0.25) is 0 Å². The molecule has 1 fully saturated rings. The average Bonchev–Trinajstić information content (AvgIpc) is 3.17. The van der Waals surface area contributed by atoms with Gasteiger partial charge in [0.1, 0.15) is 0 Å². The number of fused-ring (bicyclic) bond motifs is 1. The molecule has 1 amide bonds. The molecular formula is C20H21N3O2S2. The van der Waals surface area contributed by atoms with Crippen LogP contribution in [0, 0.1) is 0 Å². The van der Waals surface area contributed by atoms with E-state index in [0.717, 1.165) is 46.5 Å². The molecule has 0 saturated carbocycles. The number of piperidine rings is 1. The summed E-state index contributed by atoms with van der Waals surface area (Å²) in [5.74, 6) is -0.0860. The first kappa shape index (κ1) is 18.4. The standard InChI is InChI=1S/C20H21N3O2S2/c24-20(19-12-16-14-21-9-8-18(16)26-19)22-13-15-4-6-17(7-5-15)27(25)23-10-2-1-3-11-23/h4-9,12,14H,1-3,10-11,13H2,(H,22,24). The van der Waals surface area contributed by atoms with E-state index in [4.69, 9.17) is 0 Å². The summed E-state index contributed by atoms with van der Waals surface area (Å²) < 4.78 is 15.7. The number of hydrogen-bond acceptors (Lipinski definition) is 5. The number of benzene rings is 1. The van der Waals surface area contributed by atoms with Crippen LogP contribution < -0.4 is 5.32 Å². The summed E-state index contributed by atoms with van der Waals surface area (Å²) in [6.45, 7) is 2.24. The van der Waals surface area contributed by atoms with E-state index >= 15 is 0 Å². The number of aromatic nitrogens is 1. The van der Waals surface area contributed by atoms with Gasteiger partial charge in [-0.2, -0.15) is 0 Å². The molecule has 2 aromatic heterocycles. The fourth-order valence-electron chi connectivity index (χ4n) is 3.17. The fraction of sp³-hybridized carbons (Fsp3) is 0.300. The minimum Gasteiger partial charge on any atom is -0.593 e. The van der Waals surface area contributed by atoms with Gasteiger partial charge in [-0.05, 0) is 42.7 Å². The summed E-state index contributed by atoms with van der Waals surface area (Å²) in [4.78, 5) is 18.0. The SMILES string of the molecule is O=C(NCc1ccc([S+]([O-])N2CCCCC2)cc1)c1cc2cnccc2s1. The van der Waals surface area contributed by atoms with E-state index in [0.29, 0.717) is 11.4 Å². The molecule has 1 unspecified atom stereocenters. The minimum absolute atomic E-state index is 0.0860. The first-order valence-corrected chi connectivity index (χ1v) is 11.0. The number of pyridine rings is 1. The van der Waals surface area contributed by atoms with Crippen molar-refractivity contribution in [1.29, 1.82) is 0 Å². The zero-order valence-electron chi connectivity index (χ0n) is 14.9. The third-order valence-electron chi connectivity index (χ3n) is 4.67. The third kappa shape index (κ3) is 4.32. The predicted molar refractivity (Wildman–Crippen MR) is 109 cm³/mol. The Morgan fingerprint density at radius 2 is 1.96 bits per heavy atom. The van der Waals surface area contributed by atoms with Crippen molar-refractivity contribution >= 4 is 38.7 Å². The molecule has 3 heterocycles. The van der Waals surface area contributed by atoms with E-state index in [-0.39, 0.29) is 5.91 Å². The largest absolute Gasteiger partial charge is 0.593 e. The van der Waals surface area contributed by atoms with E-state index < -0.39 is 11.4 Å². The Bertz CT molecular complexity index is 887. The van der Waals surface area contributed by atoms with Gasteiger partial charge in [0.05, 0.1) is 16.2 Å². The molecule has 1 N–H and O–H groups in total. The van der Waals surface area contributed by atoms with E-state index in [1.54, 1.807) is 12.4 Å². The van der Waals surface area contributed by atoms with Crippen molar-refractivity contribution in [3.05, 3.63) is 59.2 Å². The van der Waals surface area contributed by atoms with Crippen LogP contribution in [-0.4, -0.2) is 32.8 Å². The summed E-state index contributed by atoms with van der Waals surface area (Å²) in [6, 6.07) is 11.5. The molecule has 1 aromatic carbocycles. The van der Waals surface area contributed by atoms with Crippen LogP contribution in [0.4, 0.5) is 0 Å². The number of carbonyl (C=O) groups excluding carboxylic acids is 1. The molecule has 27 heavy (non-hydrogen) atoms. The van der Waals surface area contributed by atoms with Crippen molar-refractivity contribution in [3.8, 4) is 0 Å². The van der Waals surface area contributed by atoms with Crippen LogP contribution in [0.5, 0.6) is 0 Å². The molecule has 0 aliphatic carbocycles. The molecule has 7 heteroatoms. The number of rotatable bonds is 5. The van der Waals surface area contributed by atoms with Gasteiger partial charge in [-0.25, -0.2) is 0 Å². The monoisotopic (exact) mass is 399 g/mol. The summed E-state index contributed by atoms with van der Waals surface area (Å²) in [7, 11) is 0. The van der Waals surface area contributed by atoms with Crippen LogP contribution in [0.2, 0.25) is 0 Å². The van der Waals surface area contributed by atoms with Gasteiger partial charge in [-0.15, -0.1) is 15.6 Å². The Hall–Kier alpha value is -1.93. The van der Waals surface area contributed by atoms with E-state index in [1.165, 1.54) is 17.8 Å². The first-order chi connectivity index (χ1) is 13.2. The first-order valence-electron chi connectivity index (χ1n) is 9.08. The molecule has 1 saturated heterocycles. The van der Waals surface area contributed by atoms with Crippen molar-refractivity contribution in [1.82, 2.24) is 14.6 Å². The number of hydrogen-bond donors (Lipinski definition) is 1. The van der Waals surface area contributed by atoms with Crippen LogP contribution in [0.25, 0.3) is 10.1 Å². The Kier molecular flexibility index (Phi) is 5.73. The molecule has 1 atom stereocenters. The molecule has 4 rings (SSSR count). The van der Waals surface area contributed by atoms with E-state index in [2.05, 4.69) is 10.3 Å². The van der Waals surface area contributed by atoms with Crippen LogP contribution in [-0.2, 0) is 17.9 Å². The molecule has 0 spiro atoms. The molecule has 1 aliphatic heterocycles. The van der Waals surface area contributed by atoms with Gasteiger partial charge in [0.25, 0.3) is 5.91 Å². The lowest BCUT2D eigenvalue weighted by Crippen LogP contribution is -2.35. The summed E-state index contributed by atoms with van der Waals surface area (Å²) >= 11 is 0.377. The Morgan fingerprint density at radius 1 is 1.19 bits per heavy atom. The molecule has 5 nitrogen and oxygen atoms in total. The van der Waals surface area contributed by atoms with Crippen molar-refractivity contribution in [2.75, 3.05) is 13.1 Å². The van der Waals surface area contributed by atoms with Crippen LogP contribution in [0.1, 0.15) is 34.5 Å². The smallest absolute Gasteiger partial charge is 0.261 e. The third-order valence-corrected chi connectivity index (χ3v) is 7.29. The molecular weight excluding hydrogens is 378 g/mol. The summed E-state index contributed by atoms with van der Waals surface area (Å²) in [5, 5.41) is 3.94. The number of thiophene rings is 1. The van der Waals surface area contributed by atoms with E-state index in [9.17, 15) is 9.35 Å². The molecule has 1 aliphatic rings. The van der Waals surface area contributed by atoms with Crippen molar-refractivity contribution in [3.63, 3.8) is 0 Å². The highest BCUT2D eigenvalue weighted by Crippen LogP contribution is 2.24. The highest BCUT2D eigenvalue weighted by Gasteiger charge is 2.24. The Balaban J connectivity index is 1.36. The maximum Gasteiger partial charge on any atom is 0.261 e. The quantitative estimate of drug-likeness (QED) is 0.664. The average molecular weight is 400 g/mol. The lowest BCUT2D eigenvalue weighted by molar-refractivity contribution is 0.0955. The van der Waals surface area contributed by atoms with Gasteiger partial charge < -0.3 is 9.87 Å². The number of nitrogens with zero attached hydrogens (tertiary/aromatic N) is 2. The molecule has 0 radical (unpaired) electrons. The highest BCUT2D eigenvalue weighted by atomic mass is 32.2. The van der Waals surface area contributed by atoms with Crippen LogP contribution in [0.3, 0.4) is 0 Å². The molecule has 0 bridgehead atoms. The second-order valence-corrected chi connectivity index (χ2v) is 9.16.